The number of anilines is 1. The molecule has 0 aromatic carbocycles. The van der Waals surface area contributed by atoms with E-state index in [-0.39, 0.29) is 11.4 Å². The molecule has 0 radical (unpaired) electrons. The topological polar surface area (TPSA) is 118 Å². The van der Waals surface area contributed by atoms with E-state index in [1.165, 1.54) is 11.3 Å². The highest BCUT2D eigenvalue weighted by molar-refractivity contribution is 7.07. The Morgan fingerprint density at radius 2 is 2.30 bits per heavy atom. The summed E-state index contributed by atoms with van der Waals surface area (Å²) in [5, 5.41) is 24.4. The Labute approximate surface area is 117 Å². The van der Waals surface area contributed by atoms with Crippen molar-refractivity contribution in [2.45, 2.75) is 6.42 Å². The largest absolute Gasteiger partial charge is 0.477 e. The van der Waals surface area contributed by atoms with E-state index in [0.717, 1.165) is 18.0 Å². The summed E-state index contributed by atoms with van der Waals surface area (Å²) in [4.78, 5) is 28.8. The van der Waals surface area contributed by atoms with E-state index in [2.05, 4.69) is 15.3 Å². The minimum Gasteiger partial charge on any atom is -0.477 e. The van der Waals surface area contributed by atoms with Gasteiger partial charge in [0.25, 0.3) is 0 Å². The number of hydrogen-bond donors (Lipinski definition) is 2. The number of carboxylic acid groups (broad SMARTS) is 1. The Morgan fingerprint density at radius 1 is 1.50 bits per heavy atom. The summed E-state index contributed by atoms with van der Waals surface area (Å²) in [5.74, 6) is -1.08. The summed E-state index contributed by atoms with van der Waals surface area (Å²) in [6.45, 7) is 0.508. The Morgan fingerprint density at radius 3 is 2.90 bits per heavy atom. The molecule has 0 bridgehead atoms. The maximum atomic E-state index is 11.0. The third kappa shape index (κ3) is 3.26. The second-order valence-corrected chi connectivity index (χ2v) is 4.52. The number of nitrogens with one attached hydrogen (secondary N) is 1. The van der Waals surface area contributed by atoms with Crippen molar-refractivity contribution in [1.29, 1.82) is 0 Å². The van der Waals surface area contributed by atoms with Crippen LogP contribution in [0.2, 0.25) is 0 Å². The van der Waals surface area contributed by atoms with Crippen molar-refractivity contribution in [2.75, 3.05) is 11.9 Å². The first-order chi connectivity index (χ1) is 9.58. The number of hydrogen-bond acceptors (Lipinski definition) is 7. The Kier molecular flexibility index (Phi) is 4.20. The standard InChI is InChI=1S/C11H10N4O4S/c16-11(17)8-3-10(13-4-9(8)15(18)19)12-2-1-7-5-20-6-14-7/h3-6H,1-2H2,(H,12,13)(H,16,17). The van der Waals surface area contributed by atoms with E-state index in [1.807, 2.05) is 5.38 Å². The van der Waals surface area contributed by atoms with Crippen LogP contribution in [0.1, 0.15) is 16.1 Å². The number of carboxylic acids is 1. The van der Waals surface area contributed by atoms with Crippen LogP contribution in [-0.2, 0) is 6.42 Å². The van der Waals surface area contributed by atoms with Gasteiger partial charge < -0.3 is 10.4 Å². The van der Waals surface area contributed by atoms with Crippen LogP contribution in [-0.4, -0.2) is 32.5 Å². The molecule has 0 saturated heterocycles. The van der Waals surface area contributed by atoms with E-state index >= 15 is 0 Å². The first-order valence-electron chi connectivity index (χ1n) is 5.56. The van der Waals surface area contributed by atoms with Crippen molar-refractivity contribution >= 4 is 28.8 Å². The zero-order valence-corrected chi connectivity index (χ0v) is 11.0. The first-order valence-corrected chi connectivity index (χ1v) is 6.51. The number of pyridine rings is 1. The van der Waals surface area contributed by atoms with Gasteiger partial charge in [0.2, 0.25) is 0 Å². The third-order valence-corrected chi connectivity index (χ3v) is 3.12. The van der Waals surface area contributed by atoms with Crippen LogP contribution < -0.4 is 5.32 Å². The zero-order chi connectivity index (χ0) is 14.5. The molecule has 2 heterocycles. The lowest BCUT2D eigenvalue weighted by atomic mass is 10.2. The van der Waals surface area contributed by atoms with E-state index in [0.29, 0.717) is 13.0 Å². The third-order valence-electron chi connectivity index (χ3n) is 2.48. The minimum absolute atomic E-state index is 0.281. The van der Waals surface area contributed by atoms with Gasteiger partial charge in [-0.15, -0.1) is 11.3 Å². The van der Waals surface area contributed by atoms with Gasteiger partial charge in [-0.25, -0.2) is 14.8 Å². The number of carbonyl (C=O) groups is 1. The normalized spacial score (nSPS) is 10.2. The molecule has 0 amide bonds. The van der Waals surface area contributed by atoms with Crippen LogP contribution in [0, 0.1) is 10.1 Å². The summed E-state index contributed by atoms with van der Waals surface area (Å²) in [7, 11) is 0. The number of nitro groups is 1. The predicted molar refractivity (Wildman–Crippen MR) is 72.2 cm³/mol. The number of rotatable bonds is 6. The van der Waals surface area contributed by atoms with Crippen molar-refractivity contribution in [3.63, 3.8) is 0 Å². The molecule has 20 heavy (non-hydrogen) atoms. The van der Waals surface area contributed by atoms with Gasteiger partial charge in [0.05, 0.1) is 16.1 Å². The highest BCUT2D eigenvalue weighted by Gasteiger charge is 2.20. The average molecular weight is 294 g/mol. The van der Waals surface area contributed by atoms with Crippen LogP contribution in [0.5, 0.6) is 0 Å². The van der Waals surface area contributed by atoms with Crippen LogP contribution in [0.3, 0.4) is 0 Å². The van der Waals surface area contributed by atoms with Crippen molar-refractivity contribution in [3.8, 4) is 0 Å². The molecule has 0 spiro atoms. The molecule has 2 N–H and O–H groups in total. The molecule has 0 aliphatic heterocycles. The molecule has 0 aliphatic rings. The number of nitrogens with zero attached hydrogens (tertiary/aromatic N) is 3. The zero-order valence-electron chi connectivity index (χ0n) is 10.1. The monoisotopic (exact) mass is 294 g/mol. The van der Waals surface area contributed by atoms with Crippen LogP contribution >= 0.6 is 11.3 Å². The molecule has 0 unspecified atom stereocenters. The highest BCUT2D eigenvalue weighted by atomic mass is 32.1. The highest BCUT2D eigenvalue weighted by Crippen LogP contribution is 2.20. The fourth-order valence-electron chi connectivity index (χ4n) is 1.54. The molecule has 0 aliphatic carbocycles. The molecule has 104 valence electrons. The smallest absolute Gasteiger partial charge is 0.342 e. The Bertz CT molecular complexity index is 629. The fourth-order valence-corrected chi connectivity index (χ4v) is 2.13. The van der Waals surface area contributed by atoms with Gasteiger partial charge in [-0.3, -0.25) is 10.1 Å². The molecule has 8 nitrogen and oxygen atoms in total. The molecule has 2 rings (SSSR count). The van der Waals surface area contributed by atoms with Crippen molar-refractivity contribution < 1.29 is 14.8 Å². The number of thiazole rings is 1. The summed E-state index contributed by atoms with van der Waals surface area (Å²) < 4.78 is 0. The lowest BCUT2D eigenvalue weighted by molar-refractivity contribution is -0.385. The second-order valence-electron chi connectivity index (χ2n) is 3.81. The van der Waals surface area contributed by atoms with Gasteiger partial charge in [0.15, 0.2) is 0 Å². The number of aromatic nitrogens is 2. The Hall–Kier alpha value is -2.55. The van der Waals surface area contributed by atoms with Crippen molar-refractivity contribution in [1.82, 2.24) is 9.97 Å². The van der Waals surface area contributed by atoms with E-state index < -0.39 is 16.6 Å². The fraction of sp³-hybridized carbons (Fsp3) is 0.182. The van der Waals surface area contributed by atoms with Crippen LogP contribution in [0.25, 0.3) is 0 Å². The van der Waals surface area contributed by atoms with Gasteiger partial charge in [-0.2, -0.15) is 0 Å². The molecular weight excluding hydrogens is 284 g/mol. The van der Waals surface area contributed by atoms with Gasteiger partial charge in [-0.1, -0.05) is 0 Å². The molecule has 0 fully saturated rings. The molecule has 9 heteroatoms. The quantitative estimate of drug-likeness (QED) is 0.616. The van der Waals surface area contributed by atoms with E-state index in [9.17, 15) is 14.9 Å². The maximum absolute atomic E-state index is 11.0. The molecule has 0 saturated carbocycles. The predicted octanol–water partition coefficient (Wildman–Crippen LogP) is 1.80. The van der Waals surface area contributed by atoms with Gasteiger partial charge >= 0.3 is 11.7 Å². The van der Waals surface area contributed by atoms with E-state index in [1.54, 1.807) is 5.51 Å². The van der Waals surface area contributed by atoms with Gasteiger partial charge in [-0.05, 0) is 0 Å². The van der Waals surface area contributed by atoms with Crippen LogP contribution in [0.4, 0.5) is 11.5 Å². The molecular formula is C11H10N4O4S. The van der Waals surface area contributed by atoms with Crippen LogP contribution in [0.15, 0.2) is 23.2 Å². The van der Waals surface area contributed by atoms with Gasteiger partial charge in [0, 0.05) is 24.4 Å². The summed E-state index contributed by atoms with van der Waals surface area (Å²) in [6.07, 6.45) is 1.60. The number of aromatic carboxylic acids is 1. The van der Waals surface area contributed by atoms with Crippen molar-refractivity contribution in [2.24, 2.45) is 0 Å². The lowest BCUT2D eigenvalue weighted by Gasteiger charge is -2.05. The average Bonchev–Trinajstić information content (AvgIpc) is 2.91. The van der Waals surface area contributed by atoms with Crippen molar-refractivity contribution in [3.05, 3.63) is 44.5 Å². The second kappa shape index (κ2) is 6.06. The summed E-state index contributed by atoms with van der Waals surface area (Å²) >= 11 is 1.49. The molecule has 2 aromatic rings. The summed E-state index contributed by atoms with van der Waals surface area (Å²) in [6, 6.07) is 1.15. The molecule has 0 atom stereocenters. The summed E-state index contributed by atoms with van der Waals surface area (Å²) in [5.41, 5.74) is 1.73. The SMILES string of the molecule is O=C(O)c1cc(NCCc2cscn2)ncc1[N+](=O)[O-]. The molecule has 2 aromatic heterocycles. The van der Waals surface area contributed by atoms with E-state index in [4.69, 9.17) is 5.11 Å². The first kappa shape index (κ1) is 13.9. The Balaban J connectivity index is 2.07. The minimum atomic E-state index is -1.36. The lowest BCUT2D eigenvalue weighted by Crippen LogP contribution is -2.09. The maximum Gasteiger partial charge on any atom is 0.342 e. The van der Waals surface area contributed by atoms with Gasteiger partial charge in [0.1, 0.15) is 17.6 Å².